The number of rotatable bonds is 14. The summed E-state index contributed by atoms with van der Waals surface area (Å²) in [7, 11) is 1.37. The number of hydrogen-bond donors (Lipinski definition) is 1. The van der Waals surface area contributed by atoms with Gasteiger partial charge in [-0.25, -0.2) is 0 Å². The Bertz CT molecular complexity index is 449. The van der Waals surface area contributed by atoms with Gasteiger partial charge in [0.2, 0.25) is 0 Å². The summed E-state index contributed by atoms with van der Waals surface area (Å²) in [5, 5.41) is 0.222. The lowest BCUT2D eigenvalue weighted by molar-refractivity contribution is -0.140. The molecule has 0 aromatic heterocycles. The summed E-state index contributed by atoms with van der Waals surface area (Å²) in [6, 6.07) is 0. The van der Waals surface area contributed by atoms with Crippen LogP contribution in [-0.4, -0.2) is 29.9 Å². The molecule has 1 fully saturated rings. The molecular formula is C21H36O4S. The molecule has 1 rings (SSSR count). The molecule has 0 aliphatic heterocycles. The fourth-order valence-electron chi connectivity index (χ4n) is 3.87. The number of carbonyl (C=O) groups is 3. The lowest BCUT2D eigenvalue weighted by Crippen LogP contribution is -2.25. The van der Waals surface area contributed by atoms with Crippen LogP contribution in [0.4, 0.5) is 0 Å². The van der Waals surface area contributed by atoms with Gasteiger partial charge >= 0.3 is 5.97 Å². The first-order valence-corrected chi connectivity index (χ1v) is 10.8. The summed E-state index contributed by atoms with van der Waals surface area (Å²) in [4.78, 5) is 35.6. The second-order valence-corrected chi connectivity index (χ2v) is 8.23. The average Bonchev–Trinajstić information content (AvgIpc) is 2.98. The minimum atomic E-state index is -0.236. The standard InChI is InChI=1S/C21H36O4S/c1-3-4-5-6-7-11-20(26)17-13-14-19(23)18(17)15-16(22)10-8-9-12-21(24)25-2/h17-18,20,26H,3-15H2,1-2H3/t17-,18+,20?/m0/s1. The van der Waals surface area contributed by atoms with Gasteiger partial charge in [-0.2, -0.15) is 12.6 Å². The molecule has 0 N–H and O–H groups in total. The molecule has 0 aromatic rings. The van der Waals surface area contributed by atoms with Crippen molar-refractivity contribution in [3.05, 3.63) is 0 Å². The van der Waals surface area contributed by atoms with Gasteiger partial charge in [-0.1, -0.05) is 39.0 Å². The Balaban J connectivity index is 2.34. The minimum Gasteiger partial charge on any atom is -0.469 e. The van der Waals surface area contributed by atoms with E-state index in [-0.39, 0.29) is 34.6 Å². The maximum atomic E-state index is 12.3. The van der Waals surface area contributed by atoms with Crippen molar-refractivity contribution >= 4 is 30.2 Å². The van der Waals surface area contributed by atoms with Crippen molar-refractivity contribution in [2.75, 3.05) is 7.11 Å². The van der Waals surface area contributed by atoms with Gasteiger partial charge in [0, 0.05) is 36.9 Å². The van der Waals surface area contributed by atoms with Crippen molar-refractivity contribution < 1.29 is 19.1 Å². The summed E-state index contributed by atoms with van der Waals surface area (Å²) in [5.74, 6) is 0.254. The fourth-order valence-corrected chi connectivity index (χ4v) is 4.41. The van der Waals surface area contributed by atoms with E-state index in [0.29, 0.717) is 38.5 Å². The van der Waals surface area contributed by atoms with E-state index in [4.69, 9.17) is 12.6 Å². The Morgan fingerprint density at radius 3 is 2.50 bits per heavy atom. The monoisotopic (exact) mass is 384 g/mol. The van der Waals surface area contributed by atoms with Crippen LogP contribution < -0.4 is 0 Å². The Morgan fingerprint density at radius 1 is 1.12 bits per heavy atom. The molecule has 0 spiro atoms. The number of Topliss-reactive ketones (excluding diaryl/α,β-unsaturated/α-hetero) is 2. The molecule has 0 saturated heterocycles. The molecule has 0 aromatic carbocycles. The second kappa shape index (κ2) is 13.3. The third kappa shape index (κ3) is 8.70. The smallest absolute Gasteiger partial charge is 0.305 e. The zero-order chi connectivity index (χ0) is 19.4. The number of carbonyl (C=O) groups excluding carboxylic acids is 3. The Hall–Kier alpha value is -0.840. The number of thiol groups is 1. The molecule has 4 nitrogen and oxygen atoms in total. The molecule has 150 valence electrons. The topological polar surface area (TPSA) is 60.4 Å². The van der Waals surface area contributed by atoms with Crippen LogP contribution in [0.2, 0.25) is 0 Å². The molecule has 1 saturated carbocycles. The summed E-state index contributed by atoms with van der Waals surface area (Å²) >= 11 is 4.78. The maximum absolute atomic E-state index is 12.3. The first kappa shape index (κ1) is 23.2. The van der Waals surface area contributed by atoms with E-state index in [1.165, 1.54) is 32.8 Å². The van der Waals surface area contributed by atoms with Crippen LogP contribution in [0.25, 0.3) is 0 Å². The van der Waals surface area contributed by atoms with Gasteiger partial charge in [0.15, 0.2) is 0 Å². The van der Waals surface area contributed by atoms with Gasteiger partial charge in [-0.05, 0) is 31.6 Å². The van der Waals surface area contributed by atoms with Crippen molar-refractivity contribution in [1.29, 1.82) is 0 Å². The molecule has 5 heteroatoms. The number of methoxy groups -OCH3 is 1. The molecule has 1 aliphatic rings. The highest BCUT2D eigenvalue weighted by Crippen LogP contribution is 2.38. The Labute approximate surface area is 164 Å². The zero-order valence-corrected chi connectivity index (χ0v) is 17.4. The third-order valence-electron chi connectivity index (χ3n) is 5.51. The first-order chi connectivity index (χ1) is 12.5. The van der Waals surface area contributed by atoms with Crippen molar-refractivity contribution in [3.63, 3.8) is 0 Å². The Morgan fingerprint density at radius 2 is 1.81 bits per heavy atom. The molecular weight excluding hydrogens is 348 g/mol. The highest BCUT2D eigenvalue weighted by molar-refractivity contribution is 7.81. The number of ether oxygens (including phenoxy) is 1. The van der Waals surface area contributed by atoms with Gasteiger partial charge in [0.05, 0.1) is 7.11 Å². The highest BCUT2D eigenvalue weighted by Gasteiger charge is 2.38. The average molecular weight is 385 g/mol. The van der Waals surface area contributed by atoms with Crippen molar-refractivity contribution in [1.82, 2.24) is 0 Å². The van der Waals surface area contributed by atoms with Crippen LogP contribution in [0, 0.1) is 11.8 Å². The predicted molar refractivity (Wildman–Crippen MR) is 107 cm³/mol. The van der Waals surface area contributed by atoms with Crippen LogP contribution in [0.5, 0.6) is 0 Å². The van der Waals surface area contributed by atoms with Crippen LogP contribution in [-0.2, 0) is 19.1 Å². The summed E-state index contributed by atoms with van der Waals surface area (Å²) in [6.45, 7) is 2.21. The molecule has 1 unspecified atom stereocenters. The minimum absolute atomic E-state index is 0.138. The van der Waals surface area contributed by atoms with Crippen LogP contribution in [0.15, 0.2) is 0 Å². The van der Waals surface area contributed by atoms with Crippen molar-refractivity contribution in [2.24, 2.45) is 11.8 Å². The number of hydrogen-bond acceptors (Lipinski definition) is 5. The predicted octanol–water partition coefficient (Wildman–Crippen LogP) is 4.93. The Kier molecular flexibility index (Phi) is 11.9. The van der Waals surface area contributed by atoms with E-state index in [2.05, 4.69) is 11.7 Å². The van der Waals surface area contributed by atoms with E-state index < -0.39 is 0 Å². The van der Waals surface area contributed by atoms with Crippen molar-refractivity contribution in [3.8, 4) is 0 Å². The highest BCUT2D eigenvalue weighted by atomic mass is 32.1. The zero-order valence-electron chi connectivity index (χ0n) is 16.5. The normalized spacial score (nSPS) is 21.0. The lowest BCUT2D eigenvalue weighted by Gasteiger charge is -2.24. The molecule has 0 bridgehead atoms. The van der Waals surface area contributed by atoms with E-state index in [0.717, 1.165) is 19.3 Å². The second-order valence-electron chi connectivity index (χ2n) is 7.57. The van der Waals surface area contributed by atoms with E-state index in [9.17, 15) is 14.4 Å². The van der Waals surface area contributed by atoms with Crippen LogP contribution in [0.3, 0.4) is 0 Å². The van der Waals surface area contributed by atoms with Crippen LogP contribution >= 0.6 is 12.6 Å². The molecule has 3 atom stereocenters. The number of unbranched alkanes of at least 4 members (excludes halogenated alkanes) is 5. The lowest BCUT2D eigenvalue weighted by atomic mass is 9.85. The van der Waals surface area contributed by atoms with Gasteiger partial charge in [-0.15, -0.1) is 0 Å². The van der Waals surface area contributed by atoms with Gasteiger partial charge < -0.3 is 4.74 Å². The van der Waals surface area contributed by atoms with Gasteiger partial charge in [-0.3, -0.25) is 14.4 Å². The van der Waals surface area contributed by atoms with Crippen LogP contribution in [0.1, 0.15) is 90.4 Å². The molecule has 0 amide bonds. The summed E-state index contributed by atoms with van der Waals surface area (Å²) in [6.07, 6.45) is 11.2. The summed E-state index contributed by atoms with van der Waals surface area (Å²) in [5.41, 5.74) is 0. The molecule has 26 heavy (non-hydrogen) atoms. The van der Waals surface area contributed by atoms with E-state index >= 15 is 0 Å². The molecule has 0 radical (unpaired) electrons. The van der Waals surface area contributed by atoms with Gasteiger partial charge in [0.25, 0.3) is 0 Å². The van der Waals surface area contributed by atoms with E-state index in [1.54, 1.807) is 0 Å². The fraction of sp³-hybridized carbons (Fsp3) is 0.857. The van der Waals surface area contributed by atoms with Crippen molar-refractivity contribution in [2.45, 2.75) is 95.6 Å². The first-order valence-electron chi connectivity index (χ1n) is 10.3. The quantitative estimate of drug-likeness (QED) is 0.262. The number of ketones is 2. The number of esters is 1. The van der Waals surface area contributed by atoms with E-state index in [1.807, 2.05) is 0 Å². The third-order valence-corrected chi connectivity index (χ3v) is 6.16. The van der Waals surface area contributed by atoms with Gasteiger partial charge in [0.1, 0.15) is 11.6 Å². The molecule has 1 aliphatic carbocycles. The molecule has 0 heterocycles. The largest absolute Gasteiger partial charge is 0.469 e. The SMILES string of the molecule is CCCCCCCC(S)[C@H]1CCC(=O)[C@@H]1CC(=O)CCCCC(=O)OC. The maximum Gasteiger partial charge on any atom is 0.305 e. The summed E-state index contributed by atoms with van der Waals surface area (Å²) < 4.78 is 4.60.